The molecule has 3 unspecified atom stereocenters. The minimum absolute atomic E-state index is 0. The summed E-state index contributed by atoms with van der Waals surface area (Å²) in [4.78, 5) is 14.1. The number of hydrogen-bond acceptors (Lipinski definition) is 3. The van der Waals surface area contributed by atoms with Gasteiger partial charge in [-0.15, -0.1) is 12.4 Å². The predicted octanol–water partition coefficient (Wildman–Crippen LogP) is 1.42. The van der Waals surface area contributed by atoms with Gasteiger partial charge < -0.3 is 15.4 Å². The van der Waals surface area contributed by atoms with E-state index in [2.05, 4.69) is 13.8 Å². The molecule has 1 fully saturated rings. The number of likely N-dealkylation sites (tertiary alicyclic amines) is 1. The van der Waals surface area contributed by atoms with E-state index in [9.17, 15) is 4.79 Å². The van der Waals surface area contributed by atoms with E-state index in [4.69, 9.17) is 10.5 Å². The first-order valence-corrected chi connectivity index (χ1v) is 6.12. The molecule has 1 aliphatic heterocycles. The highest BCUT2D eigenvalue weighted by molar-refractivity contribution is 5.85. The number of rotatable bonds is 4. The van der Waals surface area contributed by atoms with Crippen molar-refractivity contribution in [3.8, 4) is 0 Å². The second kappa shape index (κ2) is 7.90. The second-order valence-corrected chi connectivity index (χ2v) is 4.74. The Morgan fingerprint density at radius 3 is 2.71 bits per heavy atom. The Labute approximate surface area is 110 Å². The quantitative estimate of drug-likeness (QED) is 0.836. The zero-order chi connectivity index (χ0) is 12.1. The third-order valence-corrected chi connectivity index (χ3v) is 3.69. The molecule has 1 rings (SSSR count). The van der Waals surface area contributed by atoms with Crippen LogP contribution in [0.4, 0.5) is 0 Å². The Morgan fingerprint density at radius 1 is 1.53 bits per heavy atom. The molecule has 4 nitrogen and oxygen atoms in total. The van der Waals surface area contributed by atoms with Crippen LogP contribution >= 0.6 is 12.4 Å². The van der Waals surface area contributed by atoms with E-state index in [1.807, 2.05) is 4.90 Å². The summed E-state index contributed by atoms with van der Waals surface area (Å²) in [6.45, 7) is 5.62. The normalized spacial score (nSPS) is 26.2. The lowest BCUT2D eigenvalue weighted by Gasteiger charge is -2.38. The van der Waals surface area contributed by atoms with Crippen molar-refractivity contribution in [1.82, 2.24) is 4.90 Å². The molecule has 0 aromatic heterocycles. The van der Waals surface area contributed by atoms with Crippen LogP contribution in [-0.2, 0) is 9.53 Å². The summed E-state index contributed by atoms with van der Waals surface area (Å²) in [5.74, 6) is 0.771. The van der Waals surface area contributed by atoms with Crippen LogP contribution in [0.15, 0.2) is 0 Å². The fourth-order valence-corrected chi connectivity index (χ4v) is 2.26. The fraction of sp³-hybridized carbons (Fsp3) is 0.917. The Hall–Kier alpha value is -0.320. The van der Waals surface area contributed by atoms with Crippen LogP contribution in [0.2, 0.25) is 0 Å². The minimum atomic E-state index is -0.142. The first kappa shape index (κ1) is 16.7. The lowest BCUT2D eigenvalue weighted by atomic mass is 9.91. The third kappa shape index (κ3) is 4.45. The topological polar surface area (TPSA) is 55.6 Å². The van der Waals surface area contributed by atoms with E-state index in [0.29, 0.717) is 24.9 Å². The molecule has 0 radical (unpaired) electrons. The van der Waals surface area contributed by atoms with Crippen molar-refractivity contribution in [2.75, 3.05) is 20.2 Å². The van der Waals surface area contributed by atoms with Gasteiger partial charge in [0.05, 0.1) is 12.5 Å². The van der Waals surface area contributed by atoms with Gasteiger partial charge in [-0.25, -0.2) is 0 Å². The molecule has 1 saturated heterocycles. The fourth-order valence-electron chi connectivity index (χ4n) is 2.26. The molecule has 1 aliphatic rings. The van der Waals surface area contributed by atoms with Gasteiger partial charge in [-0.3, -0.25) is 4.79 Å². The minimum Gasteiger partial charge on any atom is -0.380 e. The number of methoxy groups -OCH3 is 1. The zero-order valence-electron chi connectivity index (χ0n) is 11.0. The summed E-state index contributed by atoms with van der Waals surface area (Å²) in [5, 5.41) is 0. The second-order valence-electron chi connectivity index (χ2n) is 4.74. The highest BCUT2D eigenvalue weighted by atomic mass is 35.5. The largest absolute Gasteiger partial charge is 0.380 e. The molecule has 102 valence electrons. The molecular weight excluding hydrogens is 240 g/mol. The number of halogens is 1. The SMILES string of the molecule is COC(CN)CC(=O)N1CCCC(C)C1C.Cl. The molecule has 1 heterocycles. The Bertz CT molecular complexity index is 235. The van der Waals surface area contributed by atoms with Gasteiger partial charge in [0.2, 0.25) is 5.91 Å². The van der Waals surface area contributed by atoms with Gasteiger partial charge in [0, 0.05) is 26.2 Å². The molecule has 5 heteroatoms. The van der Waals surface area contributed by atoms with Crippen LogP contribution in [-0.4, -0.2) is 43.2 Å². The van der Waals surface area contributed by atoms with Crippen molar-refractivity contribution in [3.63, 3.8) is 0 Å². The summed E-state index contributed by atoms with van der Waals surface area (Å²) in [6.07, 6.45) is 2.59. The Morgan fingerprint density at radius 2 is 2.18 bits per heavy atom. The molecule has 0 saturated carbocycles. The summed E-state index contributed by atoms with van der Waals surface area (Å²) in [7, 11) is 1.60. The molecular formula is C12H25ClN2O2. The number of carbonyl (C=O) groups is 1. The number of nitrogens with two attached hydrogens (primary N) is 1. The van der Waals surface area contributed by atoms with Gasteiger partial charge in [0.15, 0.2) is 0 Å². The van der Waals surface area contributed by atoms with Crippen molar-refractivity contribution in [2.24, 2.45) is 11.7 Å². The van der Waals surface area contributed by atoms with E-state index in [1.54, 1.807) is 7.11 Å². The van der Waals surface area contributed by atoms with E-state index >= 15 is 0 Å². The number of carbonyl (C=O) groups excluding carboxylic acids is 1. The molecule has 0 spiro atoms. The van der Waals surface area contributed by atoms with E-state index in [0.717, 1.165) is 13.0 Å². The maximum absolute atomic E-state index is 12.1. The van der Waals surface area contributed by atoms with Gasteiger partial charge in [0.25, 0.3) is 0 Å². The molecule has 0 aromatic rings. The van der Waals surface area contributed by atoms with Gasteiger partial charge in [-0.2, -0.15) is 0 Å². The lowest BCUT2D eigenvalue weighted by molar-refractivity contribution is -0.138. The number of ether oxygens (including phenoxy) is 1. The van der Waals surface area contributed by atoms with Crippen LogP contribution in [0.1, 0.15) is 33.1 Å². The number of hydrogen-bond donors (Lipinski definition) is 1. The smallest absolute Gasteiger partial charge is 0.225 e. The van der Waals surface area contributed by atoms with Gasteiger partial charge in [-0.1, -0.05) is 6.92 Å². The van der Waals surface area contributed by atoms with Crippen molar-refractivity contribution < 1.29 is 9.53 Å². The Balaban J connectivity index is 0.00000256. The maximum Gasteiger partial charge on any atom is 0.225 e. The van der Waals surface area contributed by atoms with Crippen molar-refractivity contribution >= 4 is 18.3 Å². The van der Waals surface area contributed by atoms with Crippen LogP contribution in [0.5, 0.6) is 0 Å². The summed E-state index contributed by atoms with van der Waals surface area (Å²) >= 11 is 0. The van der Waals surface area contributed by atoms with E-state index < -0.39 is 0 Å². The summed E-state index contributed by atoms with van der Waals surface area (Å²) < 4.78 is 5.15. The average Bonchev–Trinajstić information content (AvgIpc) is 2.29. The maximum atomic E-state index is 12.1. The summed E-state index contributed by atoms with van der Waals surface area (Å²) in [6, 6.07) is 0.344. The molecule has 17 heavy (non-hydrogen) atoms. The van der Waals surface area contributed by atoms with Crippen molar-refractivity contribution in [2.45, 2.75) is 45.3 Å². The first-order chi connectivity index (χ1) is 7.60. The monoisotopic (exact) mass is 264 g/mol. The third-order valence-electron chi connectivity index (χ3n) is 3.69. The molecule has 2 N–H and O–H groups in total. The predicted molar refractivity (Wildman–Crippen MR) is 71.3 cm³/mol. The van der Waals surface area contributed by atoms with Crippen LogP contribution < -0.4 is 5.73 Å². The van der Waals surface area contributed by atoms with Crippen LogP contribution in [0.3, 0.4) is 0 Å². The highest BCUT2D eigenvalue weighted by Gasteiger charge is 2.29. The lowest BCUT2D eigenvalue weighted by Crippen LogP contribution is -2.47. The molecule has 3 atom stereocenters. The number of piperidine rings is 1. The van der Waals surface area contributed by atoms with E-state index in [1.165, 1.54) is 6.42 Å². The molecule has 0 aliphatic carbocycles. The number of nitrogens with zero attached hydrogens (tertiary/aromatic N) is 1. The summed E-state index contributed by atoms with van der Waals surface area (Å²) in [5.41, 5.74) is 5.53. The van der Waals surface area contributed by atoms with Gasteiger partial charge in [0.1, 0.15) is 0 Å². The van der Waals surface area contributed by atoms with E-state index in [-0.39, 0.29) is 24.4 Å². The Kier molecular flexibility index (Phi) is 7.75. The zero-order valence-corrected chi connectivity index (χ0v) is 11.8. The van der Waals surface area contributed by atoms with Crippen molar-refractivity contribution in [1.29, 1.82) is 0 Å². The average molecular weight is 265 g/mol. The molecule has 0 bridgehead atoms. The van der Waals surface area contributed by atoms with Crippen molar-refractivity contribution in [3.05, 3.63) is 0 Å². The highest BCUT2D eigenvalue weighted by Crippen LogP contribution is 2.23. The van der Waals surface area contributed by atoms with Gasteiger partial charge in [-0.05, 0) is 25.7 Å². The first-order valence-electron chi connectivity index (χ1n) is 6.12. The molecule has 1 amide bonds. The number of amides is 1. The molecule has 0 aromatic carbocycles. The van der Waals surface area contributed by atoms with Gasteiger partial charge >= 0.3 is 0 Å². The van der Waals surface area contributed by atoms with Crippen LogP contribution in [0, 0.1) is 5.92 Å². The van der Waals surface area contributed by atoms with Crippen LogP contribution in [0.25, 0.3) is 0 Å². The standard InChI is InChI=1S/C12H24N2O2.ClH/c1-9-5-4-6-14(10(9)2)12(15)7-11(8-13)16-3;/h9-11H,4-8,13H2,1-3H3;1H.